The Kier molecular flexibility index (Phi) is 7.71. The zero-order valence-electron chi connectivity index (χ0n) is 22.0. The third-order valence-corrected chi connectivity index (χ3v) is 5.48. The van der Waals surface area contributed by atoms with E-state index in [0.717, 1.165) is 16.8 Å². The van der Waals surface area contributed by atoms with Gasteiger partial charge in [0.25, 0.3) is 0 Å². The van der Waals surface area contributed by atoms with Gasteiger partial charge in [0, 0.05) is 23.0 Å². The first-order chi connectivity index (χ1) is 18.1. The van der Waals surface area contributed by atoms with Gasteiger partial charge in [0.15, 0.2) is 5.82 Å². The summed E-state index contributed by atoms with van der Waals surface area (Å²) in [4.78, 5) is 29.0. The molecule has 0 bridgehead atoms. The van der Waals surface area contributed by atoms with E-state index in [1.54, 1.807) is 13.0 Å². The maximum Gasteiger partial charge on any atom is 0.435 e. The van der Waals surface area contributed by atoms with Crippen molar-refractivity contribution in [2.45, 2.75) is 39.7 Å². The van der Waals surface area contributed by atoms with Gasteiger partial charge in [-0.25, -0.2) is 9.78 Å². The molecule has 0 atom stereocenters. The van der Waals surface area contributed by atoms with Crippen molar-refractivity contribution >= 4 is 29.3 Å². The highest BCUT2D eigenvalue weighted by atomic mass is 16.6. The molecule has 194 valence electrons. The standard InChI is InChI=1S/C30H31N5O3/c1-6-28(36)31-24-14-12-23(13-15-24)25-18-22(17-21-10-8-7-9-11-21)19-26(32-25)33-27-16-20(2)35(34-27)29(37)38-30(3,4)5/h6-16,18-19H,1,17H2,2-5H3,(H,31,36)(H,32,33,34). The Morgan fingerprint density at radius 2 is 1.68 bits per heavy atom. The summed E-state index contributed by atoms with van der Waals surface area (Å²) < 4.78 is 6.69. The molecule has 1 amide bonds. The van der Waals surface area contributed by atoms with E-state index in [1.165, 1.54) is 16.3 Å². The molecule has 8 heteroatoms. The Bertz CT molecular complexity index is 1450. The van der Waals surface area contributed by atoms with Crippen LogP contribution in [0.4, 0.5) is 22.1 Å². The summed E-state index contributed by atoms with van der Waals surface area (Å²) in [6.45, 7) is 10.7. The minimum Gasteiger partial charge on any atom is -0.442 e. The Hall–Kier alpha value is -4.72. The molecule has 0 saturated heterocycles. The van der Waals surface area contributed by atoms with Gasteiger partial charge in [0.2, 0.25) is 5.91 Å². The molecule has 0 aliphatic carbocycles. The molecule has 4 aromatic rings. The zero-order chi connectivity index (χ0) is 27.3. The second-order valence-corrected chi connectivity index (χ2v) is 9.87. The Morgan fingerprint density at radius 1 is 0.974 bits per heavy atom. The zero-order valence-corrected chi connectivity index (χ0v) is 22.0. The number of ether oxygens (including phenoxy) is 1. The van der Waals surface area contributed by atoms with Crippen molar-refractivity contribution in [2.24, 2.45) is 0 Å². The first-order valence-corrected chi connectivity index (χ1v) is 12.3. The summed E-state index contributed by atoms with van der Waals surface area (Å²) in [6, 6.07) is 23.4. The lowest BCUT2D eigenvalue weighted by Gasteiger charge is -2.19. The van der Waals surface area contributed by atoms with E-state index >= 15 is 0 Å². The van der Waals surface area contributed by atoms with Crippen molar-refractivity contribution in [3.8, 4) is 11.3 Å². The largest absolute Gasteiger partial charge is 0.442 e. The fourth-order valence-corrected chi connectivity index (χ4v) is 3.81. The number of hydrogen-bond acceptors (Lipinski definition) is 6. The molecule has 2 aromatic carbocycles. The smallest absolute Gasteiger partial charge is 0.435 e. The average Bonchev–Trinajstić information content (AvgIpc) is 3.23. The number of rotatable bonds is 7. The van der Waals surface area contributed by atoms with Crippen LogP contribution >= 0.6 is 0 Å². The van der Waals surface area contributed by atoms with Crippen molar-refractivity contribution in [3.05, 3.63) is 102 Å². The van der Waals surface area contributed by atoms with Crippen molar-refractivity contribution in [2.75, 3.05) is 10.6 Å². The molecule has 8 nitrogen and oxygen atoms in total. The Morgan fingerprint density at radius 3 is 2.34 bits per heavy atom. The van der Waals surface area contributed by atoms with E-state index in [1.807, 2.05) is 75.4 Å². The van der Waals surface area contributed by atoms with Crippen LogP contribution in [0.2, 0.25) is 0 Å². The van der Waals surface area contributed by atoms with E-state index in [0.29, 0.717) is 29.4 Å². The minimum absolute atomic E-state index is 0.270. The van der Waals surface area contributed by atoms with E-state index in [-0.39, 0.29) is 5.91 Å². The molecular formula is C30H31N5O3. The highest BCUT2D eigenvalue weighted by Gasteiger charge is 2.20. The number of carbonyl (C=O) groups excluding carboxylic acids is 2. The van der Waals surface area contributed by atoms with Gasteiger partial charge in [0.05, 0.1) is 5.69 Å². The number of carbonyl (C=O) groups is 2. The SMILES string of the molecule is C=CC(=O)Nc1ccc(-c2cc(Cc3ccccc3)cc(Nc3cc(C)n(C(=O)OC(C)(C)C)n3)n2)cc1. The average molecular weight is 510 g/mol. The van der Waals surface area contributed by atoms with Gasteiger partial charge >= 0.3 is 6.09 Å². The summed E-state index contributed by atoms with van der Waals surface area (Å²) in [6.07, 6.45) is 1.40. The molecule has 0 unspecified atom stereocenters. The minimum atomic E-state index is -0.630. The van der Waals surface area contributed by atoms with E-state index < -0.39 is 11.7 Å². The van der Waals surface area contributed by atoms with Crippen LogP contribution in [0.3, 0.4) is 0 Å². The lowest BCUT2D eigenvalue weighted by molar-refractivity contribution is -0.111. The van der Waals surface area contributed by atoms with Gasteiger partial charge in [-0.3, -0.25) is 4.79 Å². The summed E-state index contributed by atoms with van der Waals surface area (Å²) in [5.41, 5.74) is 4.54. The Balaban J connectivity index is 1.65. The number of benzene rings is 2. The van der Waals surface area contributed by atoms with Crippen molar-refractivity contribution in [1.82, 2.24) is 14.8 Å². The molecule has 0 radical (unpaired) electrons. The third kappa shape index (κ3) is 6.94. The summed E-state index contributed by atoms with van der Waals surface area (Å²) >= 11 is 0. The normalized spacial score (nSPS) is 11.1. The van der Waals surface area contributed by atoms with Gasteiger partial charge < -0.3 is 15.4 Å². The van der Waals surface area contributed by atoms with Crippen molar-refractivity contribution in [1.29, 1.82) is 0 Å². The monoisotopic (exact) mass is 509 g/mol. The molecule has 0 fully saturated rings. The van der Waals surface area contributed by atoms with Crippen LogP contribution in [-0.2, 0) is 16.0 Å². The quantitative estimate of drug-likeness (QED) is 0.276. The fraction of sp³-hybridized carbons (Fsp3) is 0.200. The number of pyridine rings is 1. The number of amides is 1. The van der Waals surface area contributed by atoms with Crippen LogP contribution in [0.5, 0.6) is 0 Å². The molecule has 0 aliphatic heterocycles. The summed E-state index contributed by atoms with van der Waals surface area (Å²) in [5, 5.41) is 10.4. The summed E-state index contributed by atoms with van der Waals surface area (Å²) in [5.74, 6) is 0.797. The predicted molar refractivity (Wildman–Crippen MR) is 150 cm³/mol. The lowest BCUT2D eigenvalue weighted by Crippen LogP contribution is -2.28. The van der Waals surface area contributed by atoms with Crippen LogP contribution in [0.15, 0.2) is 85.5 Å². The molecule has 0 saturated carbocycles. The second-order valence-electron chi connectivity index (χ2n) is 9.87. The van der Waals surface area contributed by atoms with Crippen LogP contribution in [0, 0.1) is 6.92 Å². The molecule has 38 heavy (non-hydrogen) atoms. The number of anilines is 3. The number of hydrogen-bond donors (Lipinski definition) is 2. The maximum absolute atomic E-state index is 12.6. The lowest BCUT2D eigenvalue weighted by atomic mass is 10.0. The van der Waals surface area contributed by atoms with Gasteiger partial charge in [-0.2, -0.15) is 4.68 Å². The number of nitrogens with zero attached hydrogens (tertiary/aromatic N) is 3. The molecule has 2 heterocycles. The first-order valence-electron chi connectivity index (χ1n) is 12.3. The third-order valence-electron chi connectivity index (χ3n) is 5.48. The molecule has 4 rings (SSSR count). The van der Waals surface area contributed by atoms with Crippen molar-refractivity contribution < 1.29 is 14.3 Å². The van der Waals surface area contributed by atoms with Gasteiger partial charge in [-0.15, -0.1) is 5.10 Å². The van der Waals surface area contributed by atoms with E-state index in [2.05, 4.69) is 34.4 Å². The van der Waals surface area contributed by atoms with Gasteiger partial charge in [0.1, 0.15) is 11.4 Å². The van der Waals surface area contributed by atoms with Crippen LogP contribution in [0.25, 0.3) is 11.3 Å². The number of nitrogens with one attached hydrogen (secondary N) is 2. The maximum atomic E-state index is 12.6. The molecule has 2 N–H and O–H groups in total. The first kappa shape index (κ1) is 26.3. The van der Waals surface area contributed by atoms with Crippen LogP contribution in [-0.4, -0.2) is 32.4 Å². The van der Waals surface area contributed by atoms with Gasteiger partial charge in [-0.05, 0) is 75.6 Å². The predicted octanol–water partition coefficient (Wildman–Crippen LogP) is 6.50. The molecular weight excluding hydrogens is 478 g/mol. The second kappa shape index (κ2) is 11.1. The van der Waals surface area contributed by atoms with E-state index in [9.17, 15) is 9.59 Å². The highest BCUT2D eigenvalue weighted by molar-refractivity contribution is 5.99. The van der Waals surface area contributed by atoms with Crippen molar-refractivity contribution in [3.63, 3.8) is 0 Å². The van der Waals surface area contributed by atoms with Crippen LogP contribution < -0.4 is 10.6 Å². The van der Waals surface area contributed by atoms with Crippen LogP contribution in [0.1, 0.15) is 37.6 Å². The van der Waals surface area contributed by atoms with E-state index in [4.69, 9.17) is 9.72 Å². The topological polar surface area (TPSA) is 98.1 Å². The number of aryl methyl sites for hydroxylation is 1. The highest BCUT2D eigenvalue weighted by Crippen LogP contribution is 2.26. The molecule has 0 spiro atoms. The summed E-state index contributed by atoms with van der Waals surface area (Å²) in [7, 11) is 0. The number of aromatic nitrogens is 3. The molecule has 0 aliphatic rings. The Labute approximate surface area is 222 Å². The molecule has 2 aromatic heterocycles. The fourth-order valence-electron chi connectivity index (χ4n) is 3.81. The van der Waals surface area contributed by atoms with Gasteiger partial charge in [-0.1, -0.05) is 49.0 Å².